The second-order valence-corrected chi connectivity index (χ2v) is 7.29. The van der Waals surface area contributed by atoms with Crippen molar-refractivity contribution < 1.29 is 4.92 Å². The molecule has 0 aromatic heterocycles. The molecule has 2 rings (SSSR count). The lowest BCUT2D eigenvalue weighted by Crippen LogP contribution is -2.37. The zero-order valence-corrected chi connectivity index (χ0v) is 15.6. The maximum atomic E-state index is 10.7. The smallest absolute Gasteiger partial charge is 0.224 e. The second-order valence-electron chi connectivity index (χ2n) is 5.91. The molecule has 0 saturated carbocycles. The molecule has 0 saturated heterocycles. The minimum Gasteiger partial charge on any atom is -0.291 e. The second kappa shape index (κ2) is 9.17. The lowest BCUT2D eigenvalue weighted by Gasteiger charge is -2.33. The number of halogens is 1. The minimum absolute atomic E-state index is 0.00218. The van der Waals surface area contributed by atoms with Crippen LogP contribution in [-0.4, -0.2) is 29.0 Å². The van der Waals surface area contributed by atoms with Crippen molar-refractivity contribution in [1.29, 1.82) is 0 Å². The van der Waals surface area contributed by atoms with Crippen molar-refractivity contribution in [1.82, 2.24) is 4.90 Å². The highest BCUT2D eigenvalue weighted by Crippen LogP contribution is 2.25. The molecule has 5 heteroatoms. The molecule has 1 unspecified atom stereocenters. The van der Waals surface area contributed by atoms with E-state index in [4.69, 9.17) is 0 Å². The van der Waals surface area contributed by atoms with Gasteiger partial charge in [0.05, 0.1) is 0 Å². The van der Waals surface area contributed by atoms with Gasteiger partial charge in [-0.15, -0.1) is 0 Å². The van der Waals surface area contributed by atoms with Crippen LogP contribution in [0.1, 0.15) is 31.7 Å². The molecule has 0 spiro atoms. The van der Waals surface area contributed by atoms with E-state index in [0.29, 0.717) is 6.04 Å². The van der Waals surface area contributed by atoms with Crippen LogP contribution >= 0.6 is 22.6 Å². The Balaban J connectivity index is 2.05. The first kappa shape index (κ1) is 18.1. The van der Waals surface area contributed by atoms with E-state index in [1.807, 2.05) is 6.07 Å². The molecule has 0 fully saturated rings. The van der Waals surface area contributed by atoms with Crippen LogP contribution in [0, 0.1) is 10.1 Å². The Bertz CT molecular complexity index is 584. The summed E-state index contributed by atoms with van der Waals surface area (Å²) in [5, 5.41) is 10.7. The van der Waals surface area contributed by atoms with E-state index < -0.39 is 0 Å². The van der Waals surface area contributed by atoms with Crippen molar-refractivity contribution in [3.05, 3.63) is 67.3 Å². The molecule has 1 aliphatic rings. The predicted molar refractivity (Wildman–Crippen MR) is 102 cm³/mol. The summed E-state index contributed by atoms with van der Waals surface area (Å²) in [5.74, 6) is 0. The summed E-state index contributed by atoms with van der Waals surface area (Å²) in [4.78, 5) is 12.9. The summed E-state index contributed by atoms with van der Waals surface area (Å²) in [7, 11) is 0. The quantitative estimate of drug-likeness (QED) is 0.278. The molecule has 124 valence electrons. The Kier molecular flexibility index (Phi) is 7.23. The Morgan fingerprint density at radius 1 is 1.43 bits per heavy atom. The van der Waals surface area contributed by atoms with Crippen LogP contribution in [0.2, 0.25) is 0 Å². The van der Waals surface area contributed by atoms with Crippen molar-refractivity contribution >= 4 is 22.6 Å². The SMILES string of the molecule is C/C=C(/I)CN(Cc1ccccc1)C1CC=C(C[N+](=O)[O-])CC1. The van der Waals surface area contributed by atoms with Crippen LogP contribution in [-0.2, 0) is 6.54 Å². The van der Waals surface area contributed by atoms with Crippen LogP contribution in [0.4, 0.5) is 0 Å². The first-order valence-corrected chi connectivity index (χ1v) is 9.04. The summed E-state index contributed by atoms with van der Waals surface area (Å²) in [6.45, 7) is 3.93. The van der Waals surface area contributed by atoms with Crippen molar-refractivity contribution in [2.45, 2.75) is 38.8 Å². The molecule has 1 aromatic rings. The fourth-order valence-corrected chi connectivity index (χ4v) is 3.37. The molecule has 0 N–H and O–H groups in total. The van der Waals surface area contributed by atoms with Crippen molar-refractivity contribution in [2.24, 2.45) is 0 Å². The van der Waals surface area contributed by atoms with Gasteiger partial charge in [0.2, 0.25) is 6.54 Å². The summed E-state index contributed by atoms with van der Waals surface area (Å²) < 4.78 is 1.33. The molecule has 0 heterocycles. The standard InChI is InChI=1S/C18H23IN2O2/c1-2-17(19)14-20(12-15-6-4-3-5-7-15)18-10-8-16(9-11-18)13-21(22)23/h2-8,18H,9-14H2,1H3/b17-2+. The fourth-order valence-electron chi connectivity index (χ4n) is 2.93. The van der Waals surface area contributed by atoms with E-state index >= 15 is 0 Å². The van der Waals surface area contributed by atoms with Gasteiger partial charge in [0.1, 0.15) is 0 Å². The van der Waals surface area contributed by atoms with Gasteiger partial charge in [-0.25, -0.2) is 0 Å². The topological polar surface area (TPSA) is 46.4 Å². The molecule has 0 radical (unpaired) electrons. The van der Waals surface area contributed by atoms with E-state index in [9.17, 15) is 10.1 Å². The van der Waals surface area contributed by atoms with Gasteiger partial charge < -0.3 is 0 Å². The first-order valence-electron chi connectivity index (χ1n) is 7.97. The van der Waals surface area contributed by atoms with Gasteiger partial charge >= 0.3 is 0 Å². The van der Waals surface area contributed by atoms with Gasteiger partial charge in [-0.2, -0.15) is 0 Å². The molecule has 0 bridgehead atoms. The number of rotatable bonds is 7. The lowest BCUT2D eigenvalue weighted by molar-refractivity contribution is -0.471. The van der Waals surface area contributed by atoms with Crippen molar-refractivity contribution in [3.63, 3.8) is 0 Å². The van der Waals surface area contributed by atoms with Crippen LogP contribution in [0.25, 0.3) is 0 Å². The predicted octanol–water partition coefficient (Wildman–Crippen LogP) is 4.58. The lowest BCUT2D eigenvalue weighted by atomic mass is 9.93. The number of hydrogen-bond acceptors (Lipinski definition) is 3. The molecule has 0 aliphatic heterocycles. The summed E-state index contributed by atoms with van der Waals surface area (Å²) in [6, 6.07) is 11.0. The highest BCUT2D eigenvalue weighted by Gasteiger charge is 2.23. The monoisotopic (exact) mass is 426 g/mol. The molecule has 4 nitrogen and oxygen atoms in total. The maximum Gasteiger partial charge on any atom is 0.224 e. The average Bonchev–Trinajstić information content (AvgIpc) is 2.55. The summed E-state index contributed by atoms with van der Waals surface area (Å²) >= 11 is 2.39. The van der Waals surface area contributed by atoms with Crippen LogP contribution in [0.5, 0.6) is 0 Å². The highest BCUT2D eigenvalue weighted by atomic mass is 127. The Hall–Kier alpha value is -1.21. The Labute approximate surface area is 151 Å². The van der Waals surface area contributed by atoms with Gasteiger partial charge in [-0.3, -0.25) is 15.0 Å². The number of nitro groups is 1. The Morgan fingerprint density at radius 3 is 2.74 bits per heavy atom. The largest absolute Gasteiger partial charge is 0.291 e. The highest BCUT2D eigenvalue weighted by molar-refractivity contribution is 14.1. The van der Waals surface area contributed by atoms with E-state index in [1.165, 1.54) is 9.14 Å². The maximum absolute atomic E-state index is 10.7. The van der Waals surface area contributed by atoms with Gasteiger partial charge in [0, 0.05) is 27.6 Å². The van der Waals surface area contributed by atoms with Crippen LogP contribution in [0.3, 0.4) is 0 Å². The third kappa shape index (κ3) is 6.06. The van der Waals surface area contributed by atoms with E-state index in [1.54, 1.807) is 0 Å². The van der Waals surface area contributed by atoms with Gasteiger partial charge in [0.15, 0.2) is 0 Å². The van der Waals surface area contributed by atoms with Crippen LogP contribution < -0.4 is 0 Å². The molecule has 1 aliphatic carbocycles. The van der Waals surface area contributed by atoms with E-state index in [-0.39, 0.29) is 11.5 Å². The third-order valence-corrected chi connectivity index (χ3v) is 5.19. The number of allylic oxidation sites excluding steroid dienone is 1. The molecular formula is C18H23IN2O2. The molecule has 23 heavy (non-hydrogen) atoms. The normalized spacial score (nSPS) is 18.8. The van der Waals surface area contributed by atoms with Crippen molar-refractivity contribution in [2.75, 3.05) is 13.1 Å². The Morgan fingerprint density at radius 2 is 2.17 bits per heavy atom. The zero-order valence-electron chi connectivity index (χ0n) is 13.5. The average molecular weight is 426 g/mol. The summed E-state index contributed by atoms with van der Waals surface area (Å²) in [5.41, 5.74) is 2.29. The number of hydrogen-bond donors (Lipinski definition) is 0. The van der Waals surface area contributed by atoms with Gasteiger partial charge in [-0.1, -0.05) is 42.5 Å². The van der Waals surface area contributed by atoms with Crippen LogP contribution in [0.15, 0.2) is 51.6 Å². The van der Waals surface area contributed by atoms with E-state index in [0.717, 1.165) is 37.9 Å². The molecule has 1 aromatic carbocycles. The molecular weight excluding hydrogens is 403 g/mol. The first-order chi connectivity index (χ1) is 11.1. The number of benzene rings is 1. The minimum atomic E-state index is -0.226. The number of nitrogens with zero attached hydrogens (tertiary/aromatic N) is 2. The van der Waals surface area contributed by atoms with Gasteiger partial charge in [-0.05, 0) is 59.9 Å². The van der Waals surface area contributed by atoms with Crippen molar-refractivity contribution in [3.8, 4) is 0 Å². The van der Waals surface area contributed by atoms with E-state index in [2.05, 4.69) is 70.8 Å². The fraction of sp³-hybridized carbons (Fsp3) is 0.444. The van der Waals surface area contributed by atoms with Gasteiger partial charge in [0.25, 0.3) is 0 Å². The third-order valence-electron chi connectivity index (χ3n) is 4.22. The molecule has 0 amide bonds. The molecule has 1 atom stereocenters. The zero-order chi connectivity index (χ0) is 16.7. The summed E-state index contributed by atoms with van der Waals surface area (Å²) in [6.07, 6.45) is 6.97.